The van der Waals surface area contributed by atoms with Gasteiger partial charge in [0.1, 0.15) is 21.8 Å². The van der Waals surface area contributed by atoms with E-state index in [1.54, 1.807) is 24.9 Å². The molecule has 10 heteroatoms. The van der Waals surface area contributed by atoms with Crippen molar-refractivity contribution >= 4 is 46.1 Å². The molecule has 2 aliphatic rings. The number of hydrogen-bond donors (Lipinski definition) is 1. The topological polar surface area (TPSA) is 92.8 Å². The number of unbranched alkanes of at least 4 members (excludes halogenated alkanes) is 3. The number of piperazine rings is 1. The average molecular weight is 504 g/mol. The monoisotopic (exact) mass is 503 g/mol. The maximum Gasteiger partial charge on any atom is 0.270 e. The van der Waals surface area contributed by atoms with E-state index in [0.717, 1.165) is 38.8 Å². The number of hydrogen-bond acceptors (Lipinski definition) is 8. The number of aromatic nitrogens is 1. The summed E-state index contributed by atoms with van der Waals surface area (Å²) in [5.41, 5.74) is 1.03. The summed E-state index contributed by atoms with van der Waals surface area (Å²) in [6.45, 7) is 8.13. The third kappa shape index (κ3) is 5.54. The summed E-state index contributed by atoms with van der Waals surface area (Å²) in [7, 11) is 1.67. The van der Waals surface area contributed by atoms with Crippen molar-refractivity contribution in [2.24, 2.45) is 7.05 Å². The summed E-state index contributed by atoms with van der Waals surface area (Å²) in [4.78, 5) is 32.6. The number of nitrogens with zero attached hydrogens (tertiary/aromatic N) is 5. The van der Waals surface area contributed by atoms with E-state index in [1.807, 2.05) is 6.07 Å². The van der Waals surface area contributed by atoms with Crippen LogP contribution in [0.3, 0.4) is 0 Å². The molecule has 184 valence electrons. The van der Waals surface area contributed by atoms with Crippen LogP contribution in [0.1, 0.15) is 49.3 Å². The highest BCUT2D eigenvalue weighted by Gasteiger charge is 2.33. The molecule has 1 aromatic rings. The van der Waals surface area contributed by atoms with Crippen LogP contribution in [-0.4, -0.2) is 75.6 Å². The molecule has 2 saturated heterocycles. The van der Waals surface area contributed by atoms with E-state index in [4.69, 9.17) is 12.2 Å². The van der Waals surface area contributed by atoms with Crippen LogP contribution in [0.4, 0.5) is 5.82 Å². The lowest BCUT2D eigenvalue weighted by Gasteiger charge is -2.37. The van der Waals surface area contributed by atoms with Crippen molar-refractivity contribution in [3.8, 4) is 6.07 Å². The second kappa shape index (κ2) is 12.0. The van der Waals surface area contributed by atoms with E-state index >= 15 is 0 Å². The SMILES string of the molecule is CCCCCCN1C(=O)/C(=C/c2c(C)c(C#N)c(=O)n(C)c2N2CCN(CCO)CC2)SC1=S. The summed E-state index contributed by atoms with van der Waals surface area (Å²) >= 11 is 6.78. The first-order valence-corrected chi connectivity index (χ1v) is 13.0. The van der Waals surface area contributed by atoms with Gasteiger partial charge >= 0.3 is 0 Å². The number of thiocarbonyl (C=S) groups is 1. The molecule has 2 aliphatic heterocycles. The Kier molecular flexibility index (Phi) is 9.31. The molecule has 0 spiro atoms. The first kappa shape index (κ1) is 26.4. The molecule has 0 aliphatic carbocycles. The first-order chi connectivity index (χ1) is 16.3. The lowest BCUT2D eigenvalue weighted by Crippen LogP contribution is -2.49. The number of thioether (sulfide) groups is 1. The Morgan fingerprint density at radius 3 is 2.47 bits per heavy atom. The molecular weight excluding hydrogens is 470 g/mol. The number of rotatable bonds is 9. The van der Waals surface area contributed by atoms with Gasteiger partial charge in [0.25, 0.3) is 11.5 Å². The highest BCUT2D eigenvalue weighted by atomic mass is 32.2. The average Bonchev–Trinajstić information content (AvgIpc) is 3.09. The fourth-order valence-electron chi connectivity index (χ4n) is 4.44. The smallest absolute Gasteiger partial charge is 0.270 e. The van der Waals surface area contributed by atoms with E-state index in [0.29, 0.717) is 52.3 Å². The van der Waals surface area contributed by atoms with Crippen LogP contribution < -0.4 is 10.5 Å². The molecule has 0 radical (unpaired) electrons. The molecule has 0 saturated carbocycles. The minimum absolute atomic E-state index is 0.0893. The van der Waals surface area contributed by atoms with Gasteiger partial charge in [-0.1, -0.05) is 50.2 Å². The fourth-order valence-corrected chi connectivity index (χ4v) is 5.73. The van der Waals surface area contributed by atoms with Gasteiger partial charge in [0.05, 0.1) is 11.5 Å². The van der Waals surface area contributed by atoms with Crippen LogP contribution in [0.25, 0.3) is 6.08 Å². The normalized spacial score (nSPS) is 18.3. The molecule has 0 unspecified atom stereocenters. The molecule has 1 amide bonds. The van der Waals surface area contributed by atoms with Gasteiger partial charge in [0.15, 0.2) is 0 Å². The largest absolute Gasteiger partial charge is 0.395 e. The number of carbonyl (C=O) groups excluding carboxylic acids is 1. The molecule has 3 rings (SSSR count). The van der Waals surface area contributed by atoms with Crippen LogP contribution in [0.15, 0.2) is 9.70 Å². The van der Waals surface area contributed by atoms with E-state index < -0.39 is 0 Å². The van der Waals surface area contributed by atoms with Crippen molar-refractivity contribution in [2.45, 2.75) is 39.5 Å². The maximum absolute atomic E-state index is 13.2. The number of carbonyl (C=O) groups is 1. The molecule has 2 fully saturated rings. The Balaban J connectivity index is 1.97. The number of aliphatic hydroxyl groups excluding tert-OH is 1. The summed E-state index contributed by atoms with van der Waals surface area (Å²) in [5.74, 6) is 0.593. The number of nitriles is 1. The van der Waals surface area contributed by atoms with Gasteiger partial charge in [-0.3, -0.25) is 24.0 Å². The Labute approximate surface area is 210 Å². The molecule has 0 bridgehead atoms. The molecule has 8 nitrogen and oxygen atoms in total. The summed E-state index contributed by atoms with van der Waals surface area (Å²) in [6, 6.07) is 2.05. The molecule has 1 aromatic heterocycles. The zero-order valence-electron chi connectivity index (χ0n) is 20.2. The van der Waals surface area contributed by atoms with Crippen molar-refractivity contribution in [3.63, 3.8) is 0 Å². The highest BCUT2D eigenvalue weighted by molar-refractivity contribution is 8.26. The van der Waals surface area contributed by atoms with Crippen molar-refractivity contribution in [2.75, 3.05) is 50.8 Å². The number of anilines is 1. The quantitative estimate of drug-likeness (QED) is 0.312. The summed E-state index contributed by atoms with van der Waals surface area (Å²) in [6.07, 6.45) is 6.03. The molecule has 1 N–H and O–H groups in total. The number of pyridine rings is 1. The fraction of sp³-hybridized carbons (Fsp3) is 0.583. The van der Waals surface area contributed by atoms with Gasteiger partial charge in [-0.15, -0.1) is 0 Å². The Morgan fingerprint density at radius 2 is 1.85 bits per heavy atom. The molecule has 0 aromatic carbocycles. The van der Waals surface area contributed by atoms with Crippen LogP contribution in [0, 0.1) is 18.3 Å². The molecule has 0 atom stereocenters. The van der Waals surface area contributed by atoms with E-state index in [2.05, 4.69) is 16.7 Å². The zero-order chi connectivity index (χ0) is 24.8. The Morgan fingerprint density at radius 1 is 1.15 bits per heavy atom. The van der Waals surface area contributed by atoms with E-state index in [9.17, 15) is 20.0 Å². The van der Waals surface area contributed by atoms with Crippen LogP contribution in [0.5, 0.6) is 0 Å². The van der Waals surface area contributed by atoms with Gasteiger partial charge in [-0.05, 0) is 25.0 Å². The predicted molar refractivity (Wildman–Crippen MR) is 141 cm³/mol. The lowest BCUT2D eigenvalue weighted by molar-refractivity contribution is -0.122. The summed E-state index contributed by atoms with van der Waals surface area (Å²) in [5, 5.41) is 18.9. The number of amides is 1. The van der Waals surface area contributed by atoms with Gasteiger partial charge in [-0.25, -0.2) is 0 Å². The van der Waals surface area contributed by atoms with Crippen LogP contribution in [0.2, 0.25) is 0 Å². The molecule has 3 heterocycles. The van der Waals surface area contributed by atoms with Gasteiger partial charge in [0.2, 0.25) is 0 Å². The Hall–Kier alpha value is -2.19. The van der Waals surface area contributed by atoms with Crippen molar-refractivity contribution in [1.29, 1.82) is 5.26 Å². The van der Waals surface area contributed by atoms with Crippen molar-refractivity contribution in [1.82, 2.24) is 14.4 Å². The first-order valence-electron chi connectivity index (χ1n) is 11.8. The minimum Gasteiger partial charge on any atom is -0.395 e. The van der Waals surface area contributed by atoms with Crippen LogP contribution >= 0.6 is 24.0 Å². The van der Waals surface area contributed by atoms with E-state index in [-0.39, 0.29) is 23.6 Å². The molecule has 34 heavy (non-hydrogen) atoms. The molecular formula is C24H33N5O3S2. The van der Waals surface area contributed by atoms with Crippen molar-refractivity contribution in [3.05, 3.63) is 31.9 Å². The third-order valence-electron chi connectivity index (χ3n) is 6.44. The van der Waals surface area contributed by atoms with Gasteiger partial charge in [-0.2, -0.15) is 5.26 Å². The second-order valence-corrected chi connectivity index (χ2v) is 10.3. The second-order valence-electron chi connectivity index (χ2n) is 8.66. The van der Waals surface area contributed by atoms with E-state index in [1.165, 1.54) is 16.3 Å². The number of β-amino-alcohol motifs (C(OH)–C–C–N with tert-alkyl or cyclic N) is 1. The minimum atomic E-state index is -0.339. The third-order valence-corrected chi connectivity index (χ3v) is 7.82. The van der Waals surface area contributed by atoms with Gasteiger partial charge < -0.3 is 10.0 Å². The van der Waals surface area contributed by atoms with Gasteiger partial charge in [0, 0.05) is 51.9 Å². The maximum atomic E-state index is 13.2. The number of aliphatic hydroxyl groups is 1. The van der Waals surface area contributed by atoms with Crippen LogP contribution in [-0.2, 0) is 11.8 Å². The predicted octanol–water partition coefficient (Wildman–Crippen LogP) is 2.46. The lowest BCUT2D eigenvalue weighted by atomic mass is 10.0. The van der Waals surface area contributed by atoms with Crippen molar-refractivity contribution < 1.29 is 9.90 Å². The Bertz CT molecular complexity index is 1070. The zero-order valence-corrected chi connectivity index (χ0v) is 21.8. The highest BCUT2D eigenvalue weighted by Crippen LogP contribution is 2.36. The summed E-state index contributed by atoms with van der Waals surface area (Å²) < 4.78 is 2.07. The standard InChI is InChI=1S/C24H33N5O3S2/c1-4-5-6-7-8-29-23(32)20(34-24(29)33)15-18-17(2)19(16-25)22(31)26(3)21(18)28-11-9-27(10-12-28)13-14-30/h15,30H,4-14H2,1-3H3/b20-15-.